The Labute approximate surface area is 159 Å². The first-order valence-corrected chi connectivity index (χ1v) is 9.31. The third-order valence-corrected chi connectivity index (χ3v) is 5.16. The van der Waals surface area contributed by atoms with E-state index in [-0.39, 0.29) is 11.7 Å². The molecule has 0 saturated heterocycles. The number of nitrogens with one attached hydrogen (secondary N) is 1. The minimum atomic E-state index is -0.198. The van der Waals surface area contributed by atoms with Crippen LogP contribution in [0.5, 0.6) is 0 Å². The van der Waals surface area contributed by atoms with Crippen LogP contribution in [0, 0.1) is 18.3 Å². The van der Waals surface area contributed by atoms with E-state index >= 15 is 0 Å². The molecule has 0 spiro atoms. The zero-order valence-electron chi connectivity index (χ0n) is 14.5. The number of rotatable bonds is 4. The van der Waals surface area contributed by atoms with Gasteiger partial charge in [-0.3, -0.25) is 9.20 Å². The van der Waals surface area contributed by atoms with Crippen molar-refractivity contribution in [1.29, 1.82) is 5.26 Å². The number of fused-ring (bicyclic) bond motifs is 3. The number of hydrogen-bond acceptors (Lipinski definition) is 5. The van der Waals surface area contributed by atoms with Crippen LogP contribution in [0.2, 0.25) is 0 Å². The smallest absolute Gasteiger partial charge is 0.234 e. The van der Waals surface area contributed by atoms with Gasteiger partial charge in [-0.25, -0.2) is 0 Å². The number of aromatic nitrogens is 3. The molecule has 6 nitrogen and oxygen atoms in total. The van der Waals surface area contributed by atoms with Crippen LogP contribution in [-0.4, -0.2) is 26.3 Å². The van der Waals surface area contributed by atoms with Crippen LogP contribution in [0.4, 0.5) is 5.69 Å². The Kier molecular flexibility index (Phi) is 4.48. The molecular formula is C20H15N5OS. The van der Waals surface area contributed by atoms with Gasteiger partial charge >= 0.3 is 0 Å². The van der Waals surface area contributed by atoms with Gasteiger partial charge in [-0.1, -0.05) is 42.1 Å². The Morgan fingerprint density at radius 3 is 2.81 bits per heavy atom. The molecule has 1 amide bonds. The van der Waals surface area contributed by atoms with Crippen LogP contribution in [-0.2, 0) is 4.79 Å². The number of nitrogens with zero attached hydrogens (tertiary/aromatic N) is 4. The van der Waals surface area contributed by atoms with Gasteiger partial charge in [-0.05, 0) is 36.8 Å². The van der Waals surface area contributed by atoms with Crippen molar-refractivity contribution in [2.75, 3.05) is 11.1 Å². The monoisotopic (exact) mass is 373 g/mol. The maximum Gasteiger partial charge on any atom is 0.234 e. The molecule has 0 bridgehead atoms. The van der Waals surface area contributed by atoms with E-state index in [4.69, 9.17) is 5.26 Å². The second kappa shape index (κ2) is 7.09. The summed E-state index contributed by atoms with van der Waals surface area (Å²) in [7, 11) is 0. The first-order chi connectivity index (χ1) is 13.2. The van der Waals surface area contributed by atoms with E-state index in [1.165, 1.54) is 11.8 Å². The van der Waals surface area contributed by atoms with Gasteiger partial charge in [0.1, 0.15) is 6.07 Å². The second-order valence-electron chi connectivity index (χ2n) is 6.01. The molecular weight excluding hydrogens is 358 g/mol. The number of para-hydroxylation sites is 2. The maximum absolute atomic E-state index is 12.3. The number of aryl methyl sites for hydroxylation is 1. The summed E-state index contributed by atoms with van der Waals surface area (Å²) in [5, 5.41) is 22.2. The number of hydrogen-bond donors (Lipinski definition) is 1. The van der Waals surface area contributed by atoms with Gasteiger partial charge < -0.3 is 5.32 Å². The Balaban J connectivity index is 1.59. The molecule has 2 aromatic heterocycles. The van der Waals surface area contributed by atoms with E-state index in [0.29, 0.717) is 16.4 Å². The van der Waals surface area contributed by atoms with Crippen LogP contribution in [0.3, 0.4) is 0 Å². The van der Waals surface area contributed by atoms with E-state index in [2.05, 4.69) is 27.6 Å². The quantitative estimate of drug-likeness (QED) is 0.550. The highest BCUT2D eigenvalue weighted by Crippen LogP contribution is 2.26. The fourth-order valence-electron chi connectivity index (χ4n) is 2.97. The Hall–Kier alpha value is -3.37. The first-order valence-electron chi connectivity index (χ1n) is 8.32. The fourth-order valence-corrected chi connectivity index (χ4v) is 3.73. The summed E-state index contributed by atoms with van der Waals surface area (Å²) in [5.74, 6) is -0.0289. The zero-order valence-corrected chi connectivity index (χ0v) is 15.3. The average molecular weight is 373 g/mol. The molecule has 1 N–H and O–H groups in total. The van der Waals surface area contributed by atoms with Crippen molar-refractivity contribution in [1.82, 2.24) is 14.6 Å². The summed E-state index contributed by atoms with van der Waals surface area (Å²) < 4.78 is 1.96. The van der Waals surface area contributed by atoms with Crippen molar-refractivity contribution in [3.63, 3.8) is 0 Å². The number of amides is 1. The number of nitriles is 1. The molecule has 0 aliphatic carbocycles. The number of thioether (sulfide) groups is 1. The fraction of sp³-hybridized carbons (Fsp3) is 0.100. The van der Waals surface area contributed by atoms with Gasteiger partial charge in [0.05, 0.1) is 22.5 Å². The lowest BCUT2D eigenvalue weighted by Crippen LogP contribution is -2.15. The molecule has 7 heteroatoms. The summed E-state index contributed by atoms with van der Waals surface area (Å²) >= 11 is 1.31. The van der Waals surface area contributed by atoms with E-state index in [1.54, 1.807) is 24.3 Å². The highest BCUT2D eigenvalue weighted by Gasteiger charge is 2.13. The van der Waals surface area contributed by atoms with Crippen molar-refractivity contribution < 1.29 is 4.79 Å². The van der Waals surface area contributed by atoms with Gasteiger partial charge in [0.2, 0.25) is 5.91 Å². The van der Waals surface area contributed by atoms with Crippen LogP contribution < -0.4 is 5.32 Å². The summed E-state index contributed by atoms with van der Waals surface area (Å²) in [4.78, 5) is 12.3. The summed E-state index contributed by atoms with van der Waals surface area (Å²) in [6.07, 6.45) is 0. The number of carbonyl (C=O) groups excluding carboxylic acids is 1. The van der Waals surface area contributed by atoms with Gasteiger partial charge in [0, 0.05) is 5.39 Å². The molecule has 2 heterocycles. The summed E-state index contributed by atoms with van der Waals surface area (Å²) in [6.45, 7) is 2.05. The Morgan fingerprint density at radius 2 is 1.96 bits per heavy atom. The molecule has 0 radical (unpaired) electrons. The maximum atomic E-state index is 12.3. The third kappa shape index (κ3) is 3.23. The average Bonchev–Trinajstić information content (AvgIpc) is 3.10. The third-order valence-electron chi connectivity index (χ3n) is 4.23. The van der Waals surface area contributed by atoms with Gasteiger partial charge in [0.25, 0.3) is 0 Å². The number of carbonyl (C=O) groups is 1. The van der Waals surface area contributed by atoms with Crippen LogP contribution in [0.1, 0.15) is 11.1 Å². The van der Waals surface area contributed by atoms with Gasteiger partial charge in [0.15, 0.2) is 10.8 Å². The van der Waals surface area contributed by atoms with Crippen molar-refractivity contribution in [2.45, 2.75) is 12.1 Å². The van der Waals surface area contributed by atoms with Crippen LogP contribution in [0.25, 0.3) is 16.6 Å². The molecule has 4 aromatic rings. The Bertz CT molecular complexity index is 1210. The molecule has 0 unspecified atom stereocenters. The lowest BCUT2D eigenvalue weighted by Gasteiger charge is -2.08. The van der Waals surface area contributed by atoms with E-state index in [1.807, 2.05) is 35.6 Å². The largest absolute Gasteiger partial charge is 0.324 e. The number of benzene rings is 2. The highest BCUT2D eigenvalue weighted by molar-refractivity contribution is 7.99. The van der Waals surface area contributed by atoms with Crippen molar-refractivity contribution in [3.05, 3.63) is 65.7 Å². The first kappa shape index (κ1) is 17.1. The lowest BCUT2D eigenvalue weighted by molar-refractivity contribution is -0.113. The van der Waals surface area contributed by atoms with Crippen molar-refractivity contribution in [3.8, 4) is 6.07 Å². The lowest BCUT2D eigenvalue weighted by atomic mass is 10.1. The molecule has 2 aromatic carbocycles. The van der Waals surface area contributed by atoms with E-state index in [9.17, 15) is 4.79 Å². The molecule has 0 aliphatic rings. The molecule has 0 saturated carbocycles. The minimum absolute atomic E-state index is 0.169. The molecule has 27 heavy (non-hydrogen) atoms. The summed E-state index contributed by atoms with van der Waals surface area (Å²) in [6, 6.07) is 19.0. The molecule has 132 valence electrons. The molecule has 0 atom stereocenters. The SMILES string of the molecule is Cc1cc2nnc(SCC(=O)Nc3ccccc3C#N)n2c2ccccc12. The predicted molar refractivity (Wildman–Crippen MR) is 106 cm³/mol. The van der Waals surface area contributed by atoms with Gasteiger partial charge in [-0.15, -0.1) is 10.2 Å². The zero-order chi connectivity index (χ0) is 18.8. The number of anilines is 1. The molecule has 0 fully saturated rings. The summed E-state index contributed by atoms with van der Waals surface area (Å²) in [5.41, 5.74) is 3.84. The van der Waals surface area contributed by atoms with Crippen LogP contribution >= 0.6 is 11.8 Å². The molecule has 0 aliphatic heterocycles. The Morgan fingerprint density at radius 1 is 1.19 bits per heavy atom. The standard InChI is InChI=1S/C20H15N5OS/c1-13-10-18-23-24-20(25(18)17-9-5-3-7-15(13)17)27-12-19(26)22-16-8-4-2-6-14(16)11-21/h2-10H,12H2,1H3,(H,22,26). The normalized spacial score (nSPS) is 10.8. The highest BCUT2D eigenvalue weighted by atomic mass is 32.2. The minimum Gasteiger partial charge on any atom is -0.324 e. The van der Waals surface area contributed by atoms with Crippen molar-refractivity contribution >= 4 is 39.9 Å². The second-order valence-corrected chi connectivity index (χ2v) is 6.96. The van der Waals surface area contributed by atoms with Crippen LogP contribution in [0.15, 0.2) is 59.8 Å². The predicted octanol–water partition coefficient (Wildman–Crippen LogP) is 3.79. The topological polar surface area (TPSA) is 83.1 Å². The van der Waals surface area contributed by atoms with Crippen molar-refractivity contribution in [2.24, 2.45) is 0 Å². The molecule has 4 rings (SSSR count). The van der Waals surface area contributed by atoms with Gasteiger partial charge in [-0.2, -0.15) is 5.26 Å². The van der Waals surface area contributed by atoms with E-state index < -0.39 is 0 Å². The number of pyridine rings is 1. The van der Waals surface area contributed by atoms with E-state index in [0.717, 1.165) is 22.1 Å².